The third-order valence-corrected chi connectivity index (χ3v) is 3.38. The van der Waals surface area contributed by atoms with Gasteiger partial charge in [-0.3, -0.25) is 0 Å². The minimum absolute atomic E-state index is 0.411. The van der Waals surface area contributed by atoms with E-state index in [9.17, 15) is 0 Å². The first-order valence-electron chi connectivity index (χ1n) is 4.56. The average Bonchev–Trinajstić information content (AvgIpc) is 2.63. The van der Waals surface area contributed by atoms with Gasteiger partial charge in [0.2, 0.25) is 0 Å². The van der Waals surface area contributed by atoms with Crippen LogP contribution in [0.2, 0.25) is 0 Å². The Morgan fingerprint density at radius 3 is 3.00 bits per heavy atom. The van der Waals surface area contributed by atoms with Crippen molar-refractivity contribution in [1.82, 2.24) is 4.90 Å². The van der Waals surface area contributed by atoms with Gasteiger partial charge in [0.25, 0.3) is 0 Å². The highest BCUT2D eigenvalue weighted by Crippen LogP contribution is 2.57. The molecule has 1 N–H and O–H groups in total. The molecule has 2 heteroatoms. The van der Waals surface area contributed by atoms with E-state index in [0.29, 0.717) is 17.9 Å². The molecule has 2 unspecified atom stereocenters. The number of hydrogen-bond acceptors (Lipinski definition) is 2. The van der Waals surface area contributed by atoms with Crippen LogP contribution in [0.1, 0.15) is 19.3 Å². The maximum absolute atomic E-state index is 8.99. The summed E-state index contributed by atoms with van der Waals surface area (Å²) in [6, 6.07) is 0. The third-order valence-electron chi connectivity index (χ3n) is 3.38. The van der Waals surface area contributed by atoms with E-state index in [1.165, 1.54) is 32.4 Å². The molecule has 11 heavy (non-hydrogen) atoms. The molecule has 2 atom stereocenters. The summed E-state index contributed by atoms with van der Waals surface area (Å²) in [6.07, 6.45) is 3.95. The van der Waals surface area contributed by atoms with Gasteiger partial charge in [-0.1, -0.05) is 0 Å². The van der Waals surface area contributed by atoms with Gasteiger partial charge in [0, 0.05) is 13.2 Å². The molecule has 1 heterocycles. The molecule has 2 rings (SSSR count). The van der Waals surface area contributed by atoms with Crippen molar-refractivity contribution in [3.05, 3.63) is 0 Å². The van der Waals surface area contributed by atoms with Gasteiger partial charge < -0.3 is 10.0 Å². The average molecular weight is 155 g/mol. The molecule has 0 amide bonds. The fraction of sp³-hybridized carbons (Fsp3) is 1.00. The van der Waals surface area contributed by atoms with Crippen molar-refractivity contribution in [1.29, 1.82) is 0 Å². The maximum Gasteiger partial charge on any atom is 0.0465 e. The van der Waals surface area contributed by atoms with E-state index in [0.717, 1.165) is 0 Å². The van der Waals surface area contributed by atoms with Crippen molar-refractivity contribution in [3.8, 4) is 0 Å². The number of rotatable bonds is 1. The Bertz CT molecular complexity index is 160. The Morgan fingerprint density at radius 1 is 1.64 bits per heavy atom. The number of hydrogen-bond donors (Lipinski definition) is 1. The summed E-state index contributed by atoms with van der Waals surface area (Å²) in [5, 5.41) is 8.99. The van der Waals surface area contributed by atoms with Gasteiger partial charge in [0.15, 0.2) is 0 Å². The number of nitrogens with zero attached hydrogens (tertiary/aromatic N) is 1. The lowest BCUT2D eigenvalue weighted by Crippen LogP contribution is -2.34. The first-order chi connectivity index (χ1) is 5.27. The maximum atomic E-state index is 8.99. The molecular weight excluding hydrogens is 138 g/mol. The fourth-order valence-electron chi connectivity index (χ4n) is 2.59. The van der Waals surface area contributed by atoms with Gasteiger partial charge >= 0.3 is 0 Å². The van der Waals surface area contributed by atoms with Gasteiger partial charge in [-0.25, -0.2) is 0 Å². The molecule has 1 saturated carbocycles. The van der Waals surface area contributed by atoms with Gasteiger partial charge in [0.1, 0.15) is 0 Å². The molecule has 2 aliphatic rings. The van der Waals surface area contributed by atoms with E-state index < -0.39 is 0 Å². The Morgan fingerprint density at radius 2 is 2.45 bits per heavy atom. The van der Waals surface area contributed by atoms with Gasteiger partial charge in [0.05, 0.1) is 0 Å². The molecular formula is C9H17NO. The minimum atomic E-state index is 0.411. The second kappa shape index (κ2) is 2.46. The van der Waals surface area contributed by atoms with Crippen molar-refractivity contribution in [2.75, 3.05) is 26.7 Å². The molecule has 2 fully saturated rings. The standard InChI is InChI=1S/C9H17NO/c1-10-4-2-3-9(7-10)5-8(9)6-11/h8,11H,2-7H2,1H3. The summed E-state index contributed by atoms with van der Waals surface area (Å²) >= 11 is 0. The first-order valence-corrected chi connectivity index (χ1v) is 4.56. The molecule has 2 nitrogen and oxygen atoms in total. The summed E-state index contributed by atoms with van der Waals surface area (Å²) in [4.78, 5) is 2.40. The molecule has 64 valence electrons. The molecule has 1 aliphatic carbocycles. The van der Waals surface area contributed by atoms with Crippen LogP contribution in [0.3, 0.4) is 0 Å². The van der Waals surface area contributed by atoms with Crippen molar-refractivity contribution in [3.63, 3.8) is 0 Å². The van der Waals surface area contributed by atoms with Crippen LogP contribution >= 0.6 is 0 Å². The van der Waals surface area contributed by atoms with E-state index in [-0.39, 0.29) is 0 Å². The number of piperidine rings is 1. The van der Waals surface area contributed by atoms with Crippen molar-refractivity contribution in [2.45, 2.75) is 19.3 Å². The largest absolute Gasteiger partial charge is 0.396 e. The van der Waals surface area contributed by atoms with Crippen LogP contribution < -0.4 is 0 Å². The number of aliphatic hydroxyl groups excluding tert-OH is 1. The van der Waals surface area contributed by atoms with Gasteiger partial charge in [-0.05, 0) is 44.2 Å². The molecule has 0 radical (unpaired) electrons. The number of likely N-dealkylation sites (tertiary alicyclic amines) is 1. The third kappa shape index (κ3) is 1.18. The zero-order valence-electron chi connectivity index (χ0n) is 7.21. The first kappa shape index (κ1) is 7.56. The summed E-state index contributed by atoms with van der Waals surface area (Å²) < 4.78 is 0. The quantitative estimate of drug-likeness (QED) is 0.603. The Kier molecular flexibility index (Phi) is 1.69. The lowest BCUT2D eigenvalue weighted by molar-refractivity contribution is 0.159. The highest BCUT2D eigenvalue weighted by molar-refractivity contribution is 5.04. The molecule has 0 aromatic heterocycles. The van der Waals surface area contributed by atoms with E-state index in [1.54, 1.807) is 0 Å². The van der Waals surface area contributed by atoms with E-state index in [1.807, 2.05) is 0 Å². The van der Waals surface area contributed by atoms with Crippen LogP contribution in [0.5, 0.6) is 0 Å². The fourth-order valence-corrected chi connectivity index (χ4v) is 2.59. The van der Waals surface area contributed by atoms with Crippen LogP contribution in [0.4, 0.5) is 0 Å². The summed E-state index contributed by atoms with van der Waals surface area (Å²) in [5.74, 6) is 0.630. The highest BCUT2D eigenvalue weighted by Gasteiger charge is 2.54. The van der Waals surface area contributed by atoms with Crippen LogP contribution in [0.15, 0.2) is 0 Å². The Hall–Kier alpha value is -0.0800. The summed E-state index contributed by atoms with van der Waals surface area (Å²) in [5.41, 5.74) is 0.543. The van der Waals surface area contributed by atoms with E-state index in [4.69, 9.17) is 5.11 Å². The van der Waals surface area contributed by atoms with E-state index >= 15 is 0 Å². The SMILES string of the molecule is CN1CCCC2(CC2CO)C1. The van der Waals surface area contributed by atoms with Crippen LogP contribution in [-0.2, 0) is 0 Å². The van der Waals surface area contributed by atoms with Crippen molar-refractivity contribution >= 4 is 0 Å². The second-order valence-electron chi connectivity index (χ2n) is 4.29. The normalized spacial score (nSPS) is 44.7. The lowest BCUT2D eigenvalue weighted by atomic mass is 9.93. The molecule has 0 aromatic rings. The number of aliphatic hydroxyl groups is 1. The zero-order valence-corrected chi connectivity index (χ0v) is 7.21. The Labute approximate surface area is 68.2 Å². The monoisotopic (exact) mass is 155 g/mol. The van der Waals surface area contributed by atoms with Crippen LogP contribution in [0, 0.1) is 11.3 Å². The van der Waals surface area contributed by atoms with Gasteiger partial charge in [-0.15, -0.1) is 0 Å². The Balaban J connectivity index is 1.95. The highest BCUT2D eigenvalue weighted by atomic mass is 16.3. The smallest absolute Gasteiger partial charge is 0.0465 e. The molecule has 0 bridgehead atoms. The van der Waals surface area contributed by atoms with Crippen LogP contribution in [0.25, 0.3) is 0 Å². The van der Waals surface area contributed by atoms with Crippen molar-refractivity contribution in [2.24, 2.45) is 11.3 Å². The molecule has 1 aliphatic heterocycles. The molecule has 1 saturated heterocycles. The lowest BCUT2D eigenvalue weighted by Gasteiger charge is -2.30. The summed E-state index contributed by atoms with van der Waals surface area (Å²) in [6.45, 7) is 2.88. The minimum Gasteiger partial charge on any atom is -0.396 e. The van der Waals surface area contributed by atoms with Crippen molar-refractivity contribution < 1.29 is 5.11 Å². The zero-order chi connectivity index (χ0) is 7.90. The summed E-state index contributed by atoms with van der Waals surface area (Å²) in [7, 11) is 2.19. The van der Waals surface area contributed by atoms with Crippen LogP contribution in [-0.4, -0.2) is 36.8 Å². The van der Waals surface area contributed by atoms with E-state index in [2.05, 4.69) is 11.9 Å². The predicted octanol–water partition coefficient (Wildman–Crippen LogP) is 0.711. The van der Waals surface area contributed by atoms with Gasteiger partial charge in [-0.2, -0.15) is 0 Å². The topological polar surface area (TPSA) is 23.5 Å². The molecule has 0 aromatic carbocycles. The predicted molar refractivity (Wildman–Crippen MR) is 44.4 cm³/mol. The second-order valence-corrected chi connectivity index (χ2v) is 4.29. The molecule has 1 spiro atoms.